The van der Waals surface area contributed by atoms with E-state index in [1.165, 1.54) is 31.4 Å². The highest BCUT2D eigenvalue weighted by Crippen LogP contribution is 2.38. The number of hydrogen-bond donors (Lipinski definition) is 1. The van der Waals surface area contributed by atoms with Crippen LogP contribution in [-0.2, 0) is 6.54 Å². The fourth-order valence-electron chi connectivity index (χ4n) is 3.05. The lowest BCUT2D eigenvalue weighted by atomic mass is 9.78. The van der Waals surface area contributed by atoms with Crippen molar-refractivity contribution in [1.29, 1.82) is 0 Å². The first-order valence-electron chi connectivity index (χ1n) is 6.74. The predicted octanol–water partition coefficient (Wildman–Crippen LogP) is 3.42. The minimum atomic E-state index is 0.324. The molecule has 0 aromatic carbocycles. The average molecular weight is 264 g/mol. The van der Waals surface area contributed by atoms with E-state index in [2.05, 4.69) is 17.2 Å². The Bertz CT molecular complexity index is 429. The lowest BCUT2D eigenvalue weighted by Crippen LogP contribution is -2.47. The van der Waals surface area contributed by atoms with Crippen LogP contribution in [0, 0.1) is 5.92 Å². The van der Waals surface area contributed by atoms with Gasteiger partial charge in [-0.3, -0.25) is 4.99 Å². The molecule has 2 heterocycles. The van der Waals surface area contributed by atoms with Gasteiger partial charge >= 0.3 is 0 Å². The lowest BCUT2D eigenvalue weighted by molar-refractivity contribution is 0.242. The number of nitrogens with zero attached hydrogens (tertiary/aromatic N) is 1. The summed E-state index contributed by atoms with van der Waals surface area (Å²) in [7, 11) is 0. The van der Waals surface area contributed by atoms with Gasteiger partial charge in [-0.15, -0.1) is 0 Å². The van der Waals surface area contributed by atoms with Crippen molar-refractivity contribution in [3.63, 3.8) is 0 Å². The minimum absolute atomic E-state index is 0.324. The first kappa shape index (κ1) is 12.2. The van der Waals surface area contributed by atoms with Crippen molar-refractivity contribution in [3.05, 3.63) is 24.2 Å². The second-order valence-electron chi connectivity index (χ2n) is 5.60. The Kier molecular flexibility index (Phi) is 3.37. The molecule has 2 atom stereocenters. The third-order valence-corrected chi connectivity index (χ3v) is 5.11. The van der Waals surface area contributed by atoms with E-state index < -0.39 is 0 Å². The monoisotopic (exact) mass is 264 g/mol. The summed E-state index contributed by atoms with van der Waals surface area (Å²) in [6.45, 7) is 3.01. The molecular weight excluding hydrogens is 244 g/mol. The molecule has 1 aliphatic heterocycles. The van der Waals surface area contributed by atoms with Crippen LogP contribution in [0.25, 0.3) is 0 Å². The molecular formula is C14H20N2OS. The molecule has 1 N–H and O–H groups in total. The molecule has 1 saturated carbocycles. The third-order valence-electron chi connectivity index (χ3n) is 3.91. The van der Waals surface area contributed by atoms with E-state index in [9.17, 15) is 0 Å². The van der Waals surface area contributed by atoms with E-state index >= 15 is 0 Å². The van der Waals surface area contributed by atoms with E-state index in [1.54, 1.807) is 6.26 Å². The zero-order valence-electron chi connectivity index (χ0n) is 10.8. The van der Waals surface area contributed by atoms with Gasteiger partial charge in [0.15, 0.2) is 5.17 Å². The average Bonchev–Trinajstić information content (AvgIpc) is 2.97. The Morgan fingerprint density at radius 2 is 2.56 bits per heavy atom. The third kappa shape index (κ3) is 2.58. The first-order valence-corrected chi connectivity index (χ1v) is 7.72. The van der Waals surface area contributed by atoms with Crippen LogP contribution in [0.3, 0.4) is 0 Å². The maximum Gasteiger partial charge on any atom is 0.157 e. The molecule has 2 unspecified atom stereocenters. The molecule has 0 amide bonds. The molecule has 3 rings (SSSR count). The van der Waals surface area contributed by atoms with Gasteiger partial charge in [0, 0.05) is 11.3 Å². The van der Waals surface area contributed by atoms with Crippen LogP contribution in [-0.4, -0.2) is 16.5 Å². The highest BCUT2D eigenvalue weighted by Gasteiger charge is 2.40. The van der Waals surface area contributed by atoms with Crippen LogP contribution in [0.2, 0.25) is 0 Å². The van der Waals surface area contributed by atoms with Crippen molar-refractivity contribution in [2.75, 3.05) is 5.75 Å². The summed E-state index contributed by atoms with van der Waals surface area (Å²) in [6.07, 6.45) is 7.02. The van der Waals surface area contributed by atoms with E-state index in [-0.39, 0.29) is 0 Å². The van der Waals surface area contributed by atoms with Gasteiger partial charge < -0.3 is 9.73 Å². The van der Waals surface area contributed by atoms with Crippen LogP contribution in [0.4, 0.5) is 0 Å². The van der Waals surface area contributed by atoms with Gasteiger partial charge in [0.2, 0.25) is 0 Å². The van der Waals surface area contributed by atoms with Crippen LogP contribution in [0.1, 0.15) is 38.4 Å². The van der Waals surface area contributed by atoms with Gasteiger partial charge in [-0.1, -0.05) is 31.5 Å². The topological polar surface area (TPSA) is 37.5 Å². The standard InChI is InChI=1S/C14H20N2OS/c1-11-4-2-6-14(8-11)10-18-13(16-14)15-9-12-5-3-7-17-12/h3,5,7,11H,2,4,6,8-10H2,1H3,(H,15,16). The highest BCUT2D eigenvalue weighted by molar-refractivity contribution is 8.14. The van der Waals surface area contributed by atoms with Crippen molar-refractivity contribution in [2.24, 2.45) is 10.9 Å². The van der Waals surface area contributed by atoms with E-state index in [0.717, 1.165) is 16.8 Å². The minimum Gasteiger partial charge on any atom is -0.467 e. The molecule has 1 aromatic rings. The molecule has 1 saturated heterocycles. The summed E-state index contributed by atoms with van der Waals surface area (Å²) in [5, 5.41) is 4.77. The lowest BCUT2D eigenvalue weighted by Gasteiger charge is -2.36. The maximum absolute atomic E-state index is 5.30. The molecule has 2 aliphatic rings. The predicted molar refractivity (Wildman–Crippen MR) is 75.8 cm³/mol. The maximum atomic E-state index is 5.30. The summed E-state index contributed by atoms with van der Waals surface area (Å²) in [5.41, 5.74) is 0.324. The summed E-state index contributed by atoms with van der Waals surface area (Å²) in [4.78, 5) is 4.62. The summed E-state index contributed by atoms with van der Waals surface area (Å²) >= 11 is 1.87. The molecule has 1 spiro atoms. The second kappa shape index (κ2) is 5.00. The van der Waals surface area contributed by atoms with Gasteiger partial charge in [-0.2, -0.15) is 0 Å². The van der Waals surface area contributed by atoms with Crippen molar-refractivity contribution >= 4 is 16.9 Å². The van der Waals surface area contributed by atoms with Crippen molar-refractivity contribution in [3.8, 4) is 0 Å². The second-order valence-corrected chi connectivity index (χ2v) is 6.56. The molecule has 1 aliphatic carbocycles. The van der Waals surface area contributed by atoms with Crippen molar-refractivity contribution in [1.82, 2.24) is 5.32 Å². The zero-order chi connectivity index (χ0) is 12.4. The van der Waals surface area contributed by atoms with Crippen LogP contribution >= 0.6 is 11.8 Å². The molecule has 1 aromatic heterocycles. The number of furan rings is 1. The van der Waals surface area contributed by atoms with Gasteiger partial charge in [0.1, 0.15) is 5.76 Å². The number of rotatable bonds is 2. The van der Waals surface area contributed by atoms with Crippen LogP contribution in [0.5, 0.6) is 0 Å². The summed E-state index contributed by atoms with van der Waals surface area (Å²) in [6, 6.07) is 3.89. The number of amidine groups is 1. The van der Waals surface area contributed by atoms with E-state index in [0.29, 0.717) is 12.1 Å². The fraction of sp³-hybridized carbons (Fsp3) is 0.643. The normalized spacial score (nSPS) is 34.1. The van der Waals surface area contributed by atoms with Gasteiger partial charge in [-0.05, 0) is 30.9 Å². The molecule has 18 heavy (non-hydrogen) atoms. The van der Waals surface area contributed by atoms with Crippen molar-refractivity contribution < 1.29 is 4.42 Å². The quantitative estimate of drug-likeness (QED) is 0.889. The highest BCUT2D eigenvalue weighted by atomic mass is 32.2. The number of hydrogen-bond acceptors (Lipinski definition) is 3. The molecule has 0 bridgehead atoms. The Labute approximate surface area is 112 Å². The summed E-state index contributed by atoms with van der Waals surface area (Å²) < 4.78 is 5.30. The SMILES string of the molecule is CC1CCCC2(CSC(=NCc3ccco3)N2)C1. The van der Waals surface area contributed by atoms with E-state index in [4.69, 9.17) is 4.42 Å². The van der Waals surface area contributed by atoms with Crippen LogP contribution in [0.15, 0.2) is 27.8 Å². The summed E-state index contributed by atoms with van der Waals surface area (Å²) in [5.74, 6) is 2.95. The largest absolute Gasteiger partial charge is 0.467 e. The van der Waals surface area contributed by atoms with Gasteiger partial charge in [-0.25, -0.2) is 0 Å². The molecule has 2 fully saturated rings. The number of thioether (sulfide) groups is 1. The van der Waals surface area contributed by atoms with Gasteiger partial charge in [0.25, 0.3) is 0 Å². The van der Waals surface area contributed by atoms with Gasteiger partial charge in [0.05, 0.1) is 12.8 Å². The number of aliphatic imine (C=N–C) groups is 1. The fourth-order valence-corrected chi connectivity index (χ4v) is 4.24. The molecule has 0 radical (unpaired) electrons. The first-order chi connectivity index (χ1) is 8.76. The Balaban J connectivity index is 1.62. The molecule has 3 nitrogen and oxygen atoms in total. The molecule has 4 heteroatoms. The zero-order valence-corrected chi connectivity index (χ0v) is 11.6. The number of nitrogens with one attached hydrogen (secondary N) is 1. The Morgan fingerprint density at radius 1 is 1.61 bits per heavy atom. The Morgan fingerprint density at radius 3 is 3.33 bits per heavy atom. The Hall–Kier alpha value is -0.900. The van der Waals surface area contributed by atoms with E-state index in [1.807, 2.05) is 23.9 Å². The molecule has 98 valence electrons. The smallest absolute Gasteiger partial charge is 0.157 e. The van der Waals surface area contributed by atoms with Crippen LogP contribution < -0.4 is 5.32 Å². The van der Waals surface area contributed by atoms with Crippen molar-refractivity contribution in [2.45, 2.75) is 44.7 Å².